The van der Waals surface area contributed by atoms with Gasteiger partial charge in [0.15, 0.2) is 0 Å². The molecule has 5 nitrogen and oxygen atoms in total. The minimum Gasteiger partial charge on any atom is -0.336 e. The summed E-state index contributed by atoms with van der Waals surface area (Å²) >= 11 is 1.76. The van der Waals surface area contributed by atoms with E-state index in [4.69, 9.17) is 4.98 Å². The van der Waals surface area contributed by atoms with E-state index in [1.807, 2.05) is 30.0 Å². The first-order chi connectivity index (χ1) is 12.2. The van der Waals surface area contributed by atoms with Crippen LogP contribution < -0.4 is 0 Å². The third-order valence-electron chi connectivity index (χ3n) is 4.59. The average molecular weight is 352 g/mol. The fourth-order valence-electron chi connectivity index (χ4n) is 3.17. The Morgan fingerprint density at radius 3 is 2.68 bits per heavy atom. The summed E-state index contributed by atoms with van der Waals surface area (Å²) in [6.45, 7) is 5.99. The molecule has 4 rings (SSSR count). The van der Waals surface area contributed by atoms with Crippen LogP contribution in [-0.2, 0) is 6.54 Å². The van der Waals surface area contributed by atoms with Crippen molar-refractivity contribution >= 4 is 27.5 Å². The van der Waals surface area contributed by atoms with Gasteiger partial charge in [-0.3, -0.25) is 14.7 Å². The number of piperazine rings is 1. The van der Waals surface area contributed by atoms with Crippen LogP contribution in [0.4, 0.5) is 0 Å². The van der Waals surface area contributed by atoms with Gasteiger partial charge in [-0.15, -0.1) is 11.3 Å². The number of aryl methyl sites for hydroxylation is 1. The maximum Gasteiger partial charge on any atom is 0.255 e. The Balaban J connectivity index is 1.38. The molecule has 3 aromatic rings. The Morgan fingerprint density at radius 1 is 1.12 bits per heavy atom. The van der Waals surface area contributed by atoms with Crippen LogP contribution in [0.25, 0.3) is 10.2 Å². The van der Waals surface area contributed by atoms with Crippen LogP contribution in [0.1, 0.15) is 21.1 Å². The maximum absolute atomic E-state index is 12.7. The molecule has 0 unspecified atom stereocenters. The van der Waals surface area contributed by atoms with E-state index >= 15 is 0 Å². The van der Waals surface area contributed by atoms with E-state index < -0.39 is 0 Å². The quantitative estimate of drug-likeness (QED) is 0.727. The average Bonchev–Trinajstić information content (AvgIpc) is 3.04. The number of para-hydroxylation sites is 1. The zero-order valence-corrected chi connectivity index (χ0v) is 15.0. The number of nitrogens with zero attached hydrogens (tertiary/aromatic N) is 4. The van der Waals surface area contributed by atoms with Gasteiger partial charge in [0.2, 0.25) is 0 Å². The van der Waals surface area contributed by atoms with E-state index in [9.17, 15) is 4.79 Å². The van der Waals surface area contributed by atoms with Gasteiger partial charge in [-0.05, 0) is 31.2 Å². The molecule has 1 aliphatic heterocycles. The van der Waals surface area contributed by atoms with Crippen molar-refractivity contribution in [3.8, 4) is 0 Å². The number of hydrogen-bond donors (Lipinski definition) is 0. The Hall–Kier alpha value is -2.31. The zero-order chi connectivity index (χ0) is 17.2. The highest BCUT2D eigenvalue weighted by atomic mass is 32.1. The number of pyridine rings is 1. The van der Waals surface area contributed by atoms with Crippen molar-refractivity contribution in [3.63, 3.8) is 0 Å². The number of benzene rings is 1. The van der Waals surface area contributed by atoms with Gasteiger partial charge in [-0.1, -0.05) is 12.1 Å². The molecular formula is C19H20N4OS. The molecule has 1 aromatic carbocycles. The number of carbonyl (C=O) groups is 1. The Kier molecular flexibility index (Phi) is 4.46. The first-order valence-electron chi connectivity index (χ1n) is 8.48. The normalized spacial score (nSPS) is 15.6. The van der Waals surface area contributed by atoms with E-state index in [0.29, 0.717) is 5.56 Å². The van der Waals surface area contributed by atoms with E-state index in [0.717, 1.165) is 48.9 Å². The molecule has 128 valence electrons. The van der Waals surface area contributed by atoms with Gasteiger partial charge >= 0.3 is 0 Å². The van der Waals surface area contributed by atoms with Gasteiger partial charge in [0.1, 0.15) is 5.01 Å². The summed E-state index contributed by atoms with van der Waals surface area (Å²) in [6, 6.07) is 11.9. The molecule has 0 saturated carbocycles. The summed E-state index contributed by atoms with van der Waals surface area (Å²) in [7, 11) is 0. The molecular weight excluding hydrogens is 332 g/mol. The fraction of sp³-hybridized carbons (Fsp3) is 0.316. The summed E-state index contributed by atoms with van der Waals surface area (Å²) in [5, 5.41) is 1.14. The first-order valence-corrected chi connectivity index (χ1v) is 9.30. The second-order valence-corrected chi connectivity index (χ2v) is 7.40. The minimum atomic E-state index is 0.0882. The van der Waals surface area contributed by atoms with Crippen LogP contribution in [0.5, 0.6) is 0 Å². The van der Waals surface area contributed by atoms with Crippen LogP contribution in [0.2, 0.25) is 0 Å². The molecule has 1 saturated heterocycles. The third kappa shape index (κ3) is 3.41. The minimum absolute atomic E-state index is 0.0882. The van der Waals surface area contributed by atoms with Crippen LogP contribution in [0.3, 0.4) is 0 Å². The van der Waals surface area contributed by atoms with E-state index in [2.05, 4.69) is 28.1 Å². The Bertz CT molecular complexity index is 866. The van der Waals surface area contributed by atoms with Crippen LogP contribution in [-0.4, -0.2) is 51.9 Å². The van der Waals surface area contributed by atoms with Crippen molar-refractivity contribution in [2.45, 2.75) is 13.5 Å². The van der Waals surface area contributed by atoms with Crippen molar-refractivity contribution in [3.05, 3.63) is 58.9 Å². The summed E-state index contributed by atoms with van der Waals surface area (Å²) in [5.41, 5.74) is 2.58. The Labute approximate surface area is 150 Å². The third-order valence-corrected chi connectivity index (χ3v) is 5.62. The highest BCUT2D eigenvalue weighted by Crippen LogP contribution is 2.23. The van der Waals surface area contributed by atoms with Crippen molar-refractivity contribution in [1.82, 2.24) is 19.8 Å². The number of thiazole rings is 1. The molecule has 0 bridgehead atoms. The highest BCUT2D eigenvalue weighted by molar-refractivity contribution is 7.18. The largest absolute Gasteiger partial charge is 0.336 e. The summed E-state index contributed by atoms with van der Waals surface area (Å²) in [6.07, 6.45) is 1.72. The van der Waals surface area contributed by atoms with Crippen molar-refractivity contribution in [2.75, 3.05) is 26.2 Å². The summed E-state index contributed by atoms with van der Waals surface area (Å²) < 4.78 is 1.23. The number of rotatable bonds is 3. The van der Waals surface area contributed by atoms with E-state index in [1.54, 1.807) is 17.5 Å². The highest BCUT2D eigenvalue weighted by Gasteiger charge is 2.23. The molecule has 25 heavy (non-hydrogen) atoms. The monoisotopic (exact) mass is 352 g/mol. The first kappa shape index (κ1) is 16.2. The lowest BCUT2D eigenvalue weighted by Crippen LogP contribution is -2.48. The molecule has 0 atom stereocenters. The van der Waals surface area contributed by atoms with Crippen LogP contribution >= 0.6 is 11.3 Å². The molecule has 2 aromatic heterocycles. The number of amides is 1. The number of aromatic nitrogens is 2. The number of fused-ring (bicyclic) bond motifs is 1. The van der Waals surface area contributed by atoms with Gasteiger partial charge in [0.05, 0.1) is 22.3 Å². The molecule has 1 aliphatic rings. The van der Waals surface area contributed by atoms with Gasteiger partial charge < -0.3 is 4.90 Å². The molecule has 0 spiro atoms. The van der Waals surface area contributed by atoms with Gasteiger partial charge in [0.25, 0.3) is 5.91 Å². The smallest absolute Gasteiger partial charge is 0.255 e. The zero-order valence-electron chi connectivity index (χ0n) is 14.2. The second kappa shape index (κ2) is 6.90. The molecule has 0 aliphatic carbocycles. The Morgan fingerprint density at radius 2 is 1.92 bits per heavy atom. The SMILES string of the molecule is Cc1ncccc1C(=O)N1CCN(Cc2nc3ccccc3s2)CC1. The summed E-state index contributed by atoms with van der Waals surface area (Å²) in [4.78, 5) is 25.9. The molecule has 0 radical (unpaired) electrons. The molecule has 1 fully saturated rings. The predicted molar refractivity (Wildman–Crippen MR) is 99.8 cm³/mol. The van der Waals surface area contributed by atoms with Crippen molar-refractivity contribution in [1.29, 1.82) is 0 Å². The number of hydrogen-bond acceptors (Lipinski definition) is 5. The summed E-state index contributed by atoms with van der Waals surface area (Å²) in [5.74, 6) is 0.0882. The molecule has 0 N–H and O–H groups in total. The topological polar surface area (TPSA) is 49.3 Å². The standard InChI is InChI=1S/C19H20N4OS/c1-14-15(5-4-8-20-14)19(24)23-11-9-22(10-12-23)13-18-21-16-6-2-3-7-17(16)25-18/h2-8H,9-13H2,1H3. The van der Waals surface area contributed by atoms with E-state index in [-0.39, 0.29) is 5.91 Å². The lowest BCUT2D eigenvalue weighted by Gasteiger charge is -2.34. The fourth-order valence-corrected chi connectivity index (χ4v) is 4.18. The van der Waals surface area contributed by atoms with Crippen LogP contribution in [0.15, 0.2) is 42.6 Å². The van der Waals surface area contributed by atoms with Gasteiger partial charge in [0, 0.05) is 38.1 Å². The van der Waals surface area contributed by atoms with Gasteiger partial charge in [-0.25, -0.2) is 4.98 Å². The van der Waals surface area contributed by atoms with Gasteiger partial charge in [-0.2, -0.15) is 0 Å². The maximum atomic E-state index is 12.7. The number of carbonyl (C=O) groups excluding carboxylic acids is 1. The lowest BCUT2D eigenvalue weighted by atomic mass is 10.1. The predicted octanol–water partition coefficient (Wildman–Crippen LogP) is 2.96. The van der Waals surface area contributed by atoms with E-state index in [1.165, 1.54) is 4.70 Å². The molecule has 6 heteroatoms. The molecule has 1 amide bonds. The second-order valence-electron chi connectivity index (χ2n) is 6.28. The lowest BCUT2D eigenvalue weighted by molar-refractivity contribution is 0.0627. The van der Waals surface area contributed by atoms with Crippen LogP contribution in [0, 0.1) is 6.92 Å². The molecule has 3 heterocycles. The van der Waals surface area contributed by atoms with Crippen molar-refractivity contribution in [2.24, 2.45) is 0 Å². The van der Waals surface area contributed by atoms with Crippen molar-refractivity contribution < 1.29 is 4.79 Å².